The van der Waals surface area contributed by atoms with Gasteiger partial charge >= 0.3 is 5.97 Å². The number of carboxylic acids is 1. The number of nitrogen functional groups attached to an aromatic ring is 1. The highest BCUT2D eigenvalue weighted by Gasteiger charge is 2.19. The third-order valence-electron chi connectivity index (χ3n) is 1.87. The van der Waals surface area contributed by atoms with Gasteiger partial charge in [0.25, 0.3) is 0 Å². The minimum Gasteiger partial charge on any atom is -0.479 e. The van der Waals surface area contributed by atoms with Crippen molar-refractivity contribution in [3.63, 3.8) is 0 Å². The van der Waals surface area contributed by atoms with Crippen LogP contribution in [0.15, 0.2) is 24.3 Å². The van der Waals surface area contributed by atoms with E-state index in [-0.39, 0.29) is 6.61 Å². The lowest BCUT2D eigenvalue weighted by Gasteiger charge is -2.13. The molecule has 0 amide bonds. The van der Waals surface area contributed by atoms with Crippen molar-refractivity contribution >= 4 is 11.7 Å². The van der Waals surface area contributed by atoms with Gasteiger partial charge in [-0.15, -0.1) is 0 Å². The van der Waals surface area contributed by atoms with Gasteiger partial charge in [-0.25, -0.2) is 4.79 Å². The van der Waals surface area contributed by atoms with E-state index in [2.05, 4.69) is 0 Å². The molecule has 82 valence electrons. The van der Waals surface area contributed by atoms with Crippen molar-refractivity contribution < 1.29 is 14.6 Å². The number of hydrogen-bond acceptors (Lipinski definition) is 4. The number of aliphatic carboxylic acids is 1. The van der Waals surface area contributed by atoms with Gasteiger partial charge in [0.1, 0.15) is 0 Å². The van der Waals surface area contributed by atoms with Crippen LogP contribution in [0, 0.1) is 0 Å². The molecule has 0 radical (unpaired) electrons. The van der Waals surface area contributed by atoms with Crippen molar-refractivity contribution in [2.75, 3.05) is 18.9 Å². The lowest BCUT2D eigenvalue weighted by atomic mass is 10.1. The van der Waals surface area contributed by atoms with Crippen LogP contribution in [0.1, 0.15) is 11.7 Å². The maximum absolute atomic E-state index is 10.9. The summed E-state index contributed by atoms with van der Waals surface area (Å²) in [7, 11) is 0. The fourth-order valence-corrected chi connectivity index (χ4v) is 1.17. The van der Waals surface area contributed by atoms with Crippen LogP contribution in [0.5, 0.6) is 0 Å². The summed E-state index contributed by atoms with van der Waals surface area (Å²) in [4.78, 5) is 10.9. The highest BCUT2D eigenvalue weighted by Crippen LogP contribution is 2.18. The zero-order chi connectivity index (χ0) is 11.3. The normalized spacial score (nSPS) is 12.3. The highest BCUT2D eigenvalue weighted by molar-refractivity contribution is 5.74. The summed E-state index contributed by atoms with van der Waals surface area (Å²) in [5.74, 6) is -1.03. The Morgan fingerprint density at radius 3 is 2.47 bits per heavy atom. The van der Waals surface area contributed by atoms with E-state index in [1.54, 1.807) is 24.3 Å². The largest absolute Gasteiger partial charge is 0.479 e. The monoisotopic (exact) mass is 210 g/mol. The van der Waals surface area contributed by atoms with Crippen LogP contribution < -0.4 is 11.5 Å². The number of carbonyl (C=O) groups is 1. The van der Waals surface area contributed by atoms with E-state index in [1.165, 1.54) is 0 Å². The first-order valence-corrected chi connectivity index (χ1v) is 4.55. The first kappa shape index (κ1) is 11.5. The van der Waals surface area contributed by atoms with Gasteiger partial charge in [0.15, 0.2) is 6.10 Å². The molecule has 0 saturated heterocycles. The van der Waals surface area contributed by atoms with E-state index in [0.29, 0.717) is 17.8 Å². The van der Waals surface area contributed by atoms with E-state index in [4.69, 9.17) is 21.3 Å². The lowest BCUT2D eigenvalue weighted by molar-refractivity contribution is -0.150. The highest BCUT2D eigenvalue weighted by atomic mass is 16.5. The molecular formula is C10H14N2O3. The van der Waals surface area contributed by atoms with E-state index < -0.39 is 12.1 Å². The molecule has 0 aliphatic rings. The molecule has 0 aliphatic carbocycles. The van der Waals surface area contributed by atoms with Gasteiger partial charge in [-0.2, -0.15) is 0 Å². The molecule has 1 aromatic rings. The molecule has 0 aromatic heterocycles. The third-order valence-corrected chi connectivity index (χ3v) is 1.87. The molecule has 0 saturated carbocycles. The molecule has 1 rings (SSSR count). The molecule has 5 nitrogen and oxygen atoms in total. The van der Waals surface area contributed by atoms with E-state index in [0.717, 1.165) is 0 Å². The van der Waals surface area contributed by atoms with Crippen LogP contribution in [-0.2, 0) is 9.53 Å². The molecule has 1 atom stereocenters. The van der Waals surface area contributed by atoms with Gasteiger partial charge < -0.3 is 21.3 Å². The predicted octanol–water partition coefficient (Wildman–Crippen LogP) is 0.370. The number of hydrogen-bond donors (Lipinski definition) is 3. The molecule has 1 aromatic carbocycles. The Kier molecular flexibility index (Phi) is 4.08. The van der Waals surface area contributed by atoms with Crippen LogP contribution >= 0.6 is 0 Å². The zero-order valence-corrected chi connectivity index (χ0v) is 8.22. The number of anilines is 1. The topological polar surface area (TPSA) is 98.6 Å². The third kappa shape index (κ3) is 3.23. The van der Waals surface area contributed by atoms with E-state index >= 15 is 0 Å². The SMILES string of the molecule is NCCOC(C(=O)O)c1ccc(N)cc1. The second-order valence-corrected chi connectivity index (χ2v) is 3.04. The average molecular weight is 210 g/mol. The van der Waals surface area contributed by atoms with E-state index in [9.17, 15) is 4.79 Å². The Balaban J connectivity index is 2.79. The molecule has 0 heterocycles. The van der Waals surface area contributed by atoms with Crippen molar-refractivity contribution in [3.8, 4) is 0 Å². The second-order valence-electron chi connectivity index (χ2n) is 3.04. The standard InChI is InChI=1S/C10H14N2O3/c11-5-6-15-9(10(13)14)7-1-3-8(12)4-2-7/h1-4,9H,5-6,11-12H2,(H,13,14). The fraction of sp³-hybridized carbons (Fsp3) is 0.300. The van der Waals surface area contributed by atoms with Crippen LogP contribution in [0.25, 0.3) is 0 Å². The second kappa shape index (κ2) is 5.33. The van der Waals surface area contributed by atoms with Crippen molar-refractivity contribution in [1.82, 2.24) is 0 Å². The van der Waals surface area contributed by atoms with Crippen LogP contribution in [0.3, 0.4) is 0 Å². The number of ether oxygens (including phenoxy) is 1. The summed E-state index contributed by atoms with van der Waals surface area (Å²) in [5.41, 5.74) is 11.9. The van der Waals surface area contributed by atoms with Gasteiger partial charge in [-0.1, -0.05) is 12.1 Å². The molecule has 5 heteroatoms. The molecule has 0 bridgehead atoms. The number of rotatable bonds is 5. The Labute approximate surface area is 87.6 Å². The number of nitrogens with two attached hydrogens (primary N) is 2. The first-order chi connectivity index (χ1) is 7.15. The quantitative estimate of drug-likeness (QED) is 0.610. The fourth-order valence-electron chi connectivity index (χ4n) is 1.17. The Morgan fingerprint density at radius 2 is 2.00 bits per heavy atom. The minimum atomic E-state index is -1.03. The van der Waals surface area contributed by atoms with Crippen molar-refractivity contribution in [2.24, 2.45) is 5.73 Å². The van der Waals surface area contributed by atoms with Gasteiger partial charge in [0, 0.05) is 12.2 Å². The van der Waals surface area contributed by atoms with Crippen LogP contribution in [0.4, 0.5) is 5.69 Å². The summed E-state index contributed by atoms with van der Waals surface area (Å²) in [5, 5.41) is 8.93. The smallest absolute Gasteiger partial charge is 0.337 e. The molecule has 0 fully saturated rings. The average Bonchev–Trinajstić information content (AvgIpc) is 2.21. The number of benzene rings is 1. The first-order valence-electron chi connectivity index (χ1n) is 4.55. The summed E-state index contributed by atoms with van der Waals surface area (Å²) in [6, 6.07) is 6.53. The zero-order valence-electron chi connectivity index (χ0n) is 8.22. The molecule has 5 N–H and O–H groups in total. The molecular weight excluding hydrogens is 196 g/mol. The Morgan fingerprint density at radius 1 is 1.40 bits per heavy atom. The van der Waals surface area contributed by atoms with E-state index in [1.807, 2.05) is 0 Å². The van der Waals surface area contributed by atoms with Crippen LogP contribution in [0.2, 0.25) is 0 Å². The van der Waals surface area contributed by atoms with Gasteiger partial charge in [-0.05, 0) is 17.7 Å². The lowest BCUT2D eigenvalue weighted by Crippen LogP contribution is -2.19. The van der Waals surface area contributed by atoms with Crippen LogP contribution in [-0.4, -0.2) is 24.2 Å². The van der Waals surface area contributed by atoms with Crippen molar-refractivity contribution in [1.29, 1.82) is 0 Å². The maximum atomic E-state index is 10.9. The Hall–Kier alpha value is -1.59. The molecule has 15 heavy (non-hydrogen) atoms. The molecule has 0 spiro atoms. The minimum absolute atomic E-state index is 0.210. The predicted molar refractivity (Wildman–Crippen MR) is 56.2 cm³/mol. The summed E-state index contributed by atoms with van der Waals surface area (Å²) in [6.07, 6.45) is -0.978. The summed E-state index contributed by atoms with van der Waals surface area (Å²) in [6.45, 7) is 0.500. The van der Waals surface area contributed by atoms with Crippen molar-refractivity contribution in [2.45, 2.75) is 6.10 Å². The maximum Gasteiger partial charge on any atom is 0.337 e. The summed E-state index contributed by atoms with van der Waals surface area (Å²) >= 11 is 0. The number of carboxylic acid groups (broad SMARTS) is 1. The summed E-state index contributed by atoms with van der Waals surface area (Å²) < 4.78 is 5.11. The van der Waals surface area contributed by atoms with Gasteiger partial charge in [0.05, 0.1) is 6.61 Å². The van der Waals surface area contributed by atoms with Gasteiger partial charge in [0.2, 0.25) is 0 Å². The van der Waals surface area contributed by atoms with Crippen molar-refractivity contribution in [3.05, 3.63) is 29.8 Å². The Bertz CT molecular complexity index is 324. The molecule has 1 unspecified atom stereocenters. The van der Waals surface area contributed by atoms with Gasteiger partial charge in [-0.3, -0.25) is 0 Å². The molecule has 0 aliphatic heterocycles.